The first-order valence-electron chi connectivity index (χ1n) is 15.8. The molecule has 2 fully saturated rings. The van der Waals surface area contributed by atoms with Crippen LogP contribution in [0, 0.1) is 23.7 Å². The van der Waals surface area contributed by atoms with Crippen LogP contribution in [0.25, 0.3) is 0 Å². The standard InChI is InChI=1S/C20H27ClN2O2.C16H18N2O3/c1-5-18-15-22(12-13-23(18)19(24)25-6-2)20(3,4)11-10-16-8-7-9-17(21)14-16;1-2-21-16(20)18-12-10-17(11-13-18)15(19)9-8-14-6-4-3-5-7-14/h7-9,14,18H,5-6,12-13,15H2,1-4H3;3-7H,2,10-13H2,1H3. The summed E-state index contributed by atoms with van der Waals surface area (Å²) in [5.41, 5.74) is 1.45. The van der Waals surface area contributed by atoms with Crippen LogP contribution >= 0.6 is 11.6 Å². The lowest BCUT2D eigenvalue weighted by Gasteiger charge is -2.45. The van der Waals surface area contributed by atoms with Crippen LogP contribution in [0.1, 0.15) is 52.2 Å². The maximum absolute atomic E-state index is 12.1. The fraction of sp³-hybridized carbons (Fsp3) is 0.472. The van der Waals surface area contributed by atoms with Crippen molar-refractivity contribution in [2.24, 2.45) is 0 Å². The normalized spacial score (nSPS) is 16.5. The molecule has 1 atom stereocenters. The van der Waals surface area contributed by atoms with Crippen molar-refractivity contribution < 1.29 is 23.9 Å². The van der Waals surface area contributed by atoms with E-state index in [2.05, 4.69) is 49.4 Å². The number of hydrogen-bond acceptors (Lipinski definition) is 6. The molecule has 2 saturated heterocycles. The van der Waals surface area contributed by atoms with E-state index < -0.39 is 0 Å². The van der Waals surface area contributed by atoms with Crippen LogP contribution in [0.15, 0.2) is 54.6 Å². The van der Waals surface area contributed by atoms with Crippen molar-refractivity contribution in [1.82, 2.24) is 19.6 Å². The first-order valence-corrected chi connectivity index (χ1v) is 16.2. The van der Waals surface area contributed by atoms with Gasteiger partial charge in [-0.3, -0.25) is 9.69 Å². The third-order valence-corrected chi connectivity index (χ3v) is 8.00. The van der Waals surface area contributed by atoms with E-state index in [1.54, 1.807) is 16.7 Å². The highest BCUT2D eigenvalue weighted by Crippen LogP contribution is 2.22. The molecule has 0 saturated carbocycles. The van der Waals surface area contributed by atoms with Crippen LogP contribution in [-0.2, 0) is 14.3 Å². The van der Waals surface area contributed by atoms with Gasteiger partial charge < -0.3 is 24.2 Å². The molecule has 10 heteroatoms. The fourth-order valence-electron chi connectivity index (χ4n) is 5.06. The highest BCUT2D eigenvalue weighted by atomic mass is 35.5. The molecule has 1 unspecified atom stereocenters. The number of rotatable bonds is 4. The molecule has 0 radical (unpaired) electrons. The Morgan fingerprint density at radius 1 is 0.804 bits per heavy atom. The fourth-order valence-corrected chi connectivity index (χ4v) is 5.25. The van der Waals surface area contributed by atoms with E-state index in [0.717, 1.165) is 30.6 Å². The van der Waals surface area contributed by atoms with Gasteiger partial charge >= 0.3 is 12.2 Å². The molecule has 0 aliphatic carbocycles. The van der Waals surface area contributed by atoms with Crippen LogP contribution in [0.3, 0.4) is 0 Å². The van der Waals surface area contributed by atoms with Crippen molar-refractivity contribution in [2.75, 3.05) is 59.0 Å². The van der Waals surface area contributed by atoms with Gasteiger partial charge in [0, 0.05) is 73.9 Å². The molecule has 0 aromatic heterocycles. The lowest BCUT2D eigenvalue weighted by atomic mass is 9.98. The molecule has 0 N–H and O–H groups in total. The maximum Gasteiger partial charge on any atom is 0.410 e. The summed E-state index contributed by atoms with van der Waals surface area (Å²) in [6.07, 6.45) is 0.365. The van der Waals surface area contributed by atoms with E-state index >= 15 is 0 Å². The smallest absolute Gasteiger partial charge is 0.410 e. The number of ether oxygens (including phenoxy) is 2. The number of amides is 3. The average Bonchev–Trinajstić information content (AvgIpc) is 3.07. The van der Waals surface area contributed by atoms with E-state index in [0.29, 0.717) is 51.0 Å². The van der Waals surface area contributed by atoms with Gasteiger partial charge in [0.2, 0.25) is 0 Å². The second-order valence-electron chi connectivity index (χ2n) is 11.3. The second kappa shape index (κ2) is 18.1. The molecular weight excluding hydrogens is 604 g/mol. The third kappa shape index (κ3) is 11.0. The van der Waals surface area contributed by atoms with Gasteiger partial charge in [-0.05, 0) is 64.4 Å². The van der Waals surface area contributed by atoms with Crippen molar-refractivity contribution in [3.63, 3.8) is 0 Å². The van der Waals surface area contributed by atoms with Crippen LogP contribution in [0.5, 0.6) is 0 Å². The van der Waals surface area contributed by atoms with Crippen LogP contribution in [-0.4, -0.2) is 108 Å². The first kappa shape index (κ1) is 36.3. The van der Waals surface area contributed by atoms with Crippen molar-refractivity contribution in [3.05, 3.63) is 70.7 Å². The van der Waals surface area contributed by atoms with Crippen molar-refractivity contribution in [1.29, 1.82) is 0 Å². The zero-order valence-electron chi connectivity index (χ0n) is 27.6. The van der Waals surface area contributed by atoms with E-state index in [-0.39, 0.29) is 29.7 Å². The summed E-state index contributed by atoms with van der Waals surface area (Å²) in [5.74, 6) is 11.9. The summed E-state index contributed by atoms with van der Waals surface area (Å²) in [6, 6.07) is 17.1. The Morgan fingerprint density at radius 3 is 2.07 bits per heavy atom. The van der Waals surface area contributed by atoms with Gasteiger partial charge in [-0.15, -0.1) is 0 Å². The van der Waals surface area contributed by atoms with Crippen molar-refractivity contribution in [3.8, 4) is 23.7 Å². The van der Waals surface area contributed by atoms with Gasteiger partial charge in [0.05, 0.1) is 18.8 Å². The molecular formula is C36H45ClN4O5. The number of carbonyl (C=O) groups excluding carboxylic acids is 3. The maximum atomic E-state index is 12.1. The molecule has 4 rings (SSSR count). The Hall–Kier alpha value is -4.18. The molecule has 2 aromatic rings. The third-order valence-electron chi connectivity index (χ3n) is 7.76. The highest BCUT2D eigenvalue weighted by Gasteiger charge is 2.35. The number of hydrogen-bond donors (Lipinski definition) is 0. The van der Waals surface area contributed by atoms with E-state index in [4.69, 9.17) is 21.1 Å². The summed E-state index contributed by atoms with van der Waals surface area (Å²) in [7, 11) is 0. The number of carbonyl (C=O) groups is 3. The molecule has 246 valence electrons. The average molecular weight is 649 g/mol. The van der Waals surface area contributed by atoms with Gasteiger partial charge in [-0.1, -0.05) is 60.6 Å². The predicted molar refractivity (Wildman–Crippen MR) is 180 cm³/mol. The SMILES string of the molecule is CCOC(=O)N1CCN(C(=O)C#Cc2ccccc2)CC1.CCOC(=O)N1CCN(C(C)(C)C#Cc2cccc(Cl)c2)CC1CC. The molecule has 0 bridgehead atoms. The second-order valence-corrected chi connectivity index (χ2v) is 11.8. The zero-order chi connectivity index (χ0) is 33.5. The first-order chi connectivity index (χ1) is 22.1. The topological polar surface area (TPSA) is 82.6 Å². The van der Waals surface area contributed by atoms with Crippen LogP contribution < -0.4 is 0 Å². The summed E-state index contributed by atoms with van der Waals surface area (Å²) in [5, 5.41) is 0.693. The summed E-state index contributed by atoms with van der Waals surface area (Å²) < 4.78 is 10.1. The quantitative estimate of drug-likeness (QED) is 0.415. The van der Waals surface area contributed by atoms with E-state index in [1.165, 1.54) is 0 Å². The van der Waals surface area contributed by atoms with E-state index in [9.17, 15) is 14.4 Å². The Kier molecular flexibility index (Phi) is 14.3. The molecule has 2 aliphatic rings. The zero-order valence-corrected chi connectivity index (χ0v) is 28.3. The number of halogens is 1. The van der Waals surface area contributed by atoms with Gasteiger partial charge in [0.25, 0.3) is 5.91 Å². The molecule has 3 amide bonds. The predicted octanol–water partition coefficient (Wildman–Crippen LogP) is 5.36. The van der Waals surface area contributed by atoms with Gasteiger partial charge in [0.1, 0.15) is 0 Å². The molecule has 9 nitrogen and oxygen atoms in total. The Labute approximate surface area is 278 Å². The lowest BCUT2D eigenvalue weighted by Crippen LogP contribution is -2.59. The minimum Gasteiger partial charge on any atom is -0.450 e. The minimum atomic E-state index is -0.319. The molecule has 2 aromatic carbocycles. The molecule has 46 heavy (non-hydrogen) atoms. The Bertz CT molecular complexity index is 1430. The van der Waals surface area contributed by atoms with Crippen molar-refractivity contribution >= 4 is 29.7 Å². The summed E-state index contributed by atoms with van der Waals surface area (Å²) in [4.78, 5) is 43.1. The largest absolute Gasteiger partial charge is 0.450 e. The van der Waals surface area contributed by atoms with E-state index in [1.807, 2.05) is 66.4 Å². The minimum absolute atomic E-state index is 0.153. The number of nitrogens with zero attached hydrogens (tertiary/aromatic N) is 4. The lowest BCUT2D eigenvalue weighted by molar-refractivity contribution is -0.126. The number of piperazine rings is 2. The van der Waals surface area contributed by atoms with Gasteiger partial charge in [-0.25, -0.2) is 9.59 Å². The molecule has 0 spiro atoms. The number of benzene rings is 2. The Morgan fingerprint density at radius 2 is 1.43 bits per heavy atom. The van der Waals surface area contributed by atoms with Gasteiger partial charge in [-0.2, -0.15) is 0 Å². The van der Waals surface area contributed by atoms with Gasteiger partial charge in [0.15, 0.2) is 0 Å². The summed E-state index contributed by atoms with van der Waals surface area (Å²) in [6.45, 7) is 14.9. The molecule has 2 aliphatic heterocycles. The highest BCUT2D eigenvalue weighted by molar-refractivity contribution is 6.30. The monoisotopic (exact) mass is 648 g/mol. The van der Waals surface area contributed by atoms with Crippen LogP contribution in [0.2, 0.25) is 5.02 Å². The Balaban J connectivity index is 0.000000254. The summed E-state index contributed by atoms with van der Waals surface area (Å²) >= 11 is 6.03. The van der Waals surface area contributed by atoms with Crippen LogP contribution in [0.4, 0.5) is 9.59 Å². The van der Waals surface area contributed by atoms with Crippen molar-refractivity contribution in [2.45, 2.75) is 52.6 Å². The molecule has 2 heterocycles.